The van der Waals surface area contributed by atoms with Gasteiger partial charge in [-0.05, 0) is 65.4 Å². The van der Waals surface area contributed by atoms with Gasteiger partial charge in [-0.1, -0.05) is 12.1 Å². The largest absolute Gasteiger partial charge is 0.573 e. The number of hydrogen-bond acceptors (Lipinski definition) is 4. The first-order chi connectivity index (χ1) is 14.7. The van der Waals surface area contributed by atoms with Crippen LogP contribution in [0, 0.1) is 0 Å². The van der Waals surface area contributed by atoms with Crippen LogP contribution in [0.2, 0.25) is 0 Å². The van der Waals surface area contributed by atoms with E-state index in [4.69, 9.17) is 0 Å². The Morgan fingerprint density at radius 1 is 1.06 bits per heavy atom. The number of anilines is 1. The molecule has 1 aliphatic heterocycles. The van der Waals surface area contributed by atoms with E-state index in [-0.39, 0.29) is 17.7 Å². The number of fused-ring (bicyclic) bond motifs is 1. The van der Waals surface area contributed by atoms with Crippen LogP contribution < -0.4 is 9.64 Å². The number of carbonyl (C=O) groups excluding carboxylic acids is 1. The Bertz CT molecular complexity index is 1060. The molecule has 4 nitrogen and oxygen atoms in total. The van der Waals surface area contributed by atoms with Gasteiger partial charge in [0, 0.05) is 36.8 Å². The van der Waals surface area contributed by atoms with E-state index in [1.165, 1.54) is 17.0 Å². The number of thiophene rings is 1. The molecule has 4 rings (SSSR count). The van der Waals surface area contributed by atoms with Crippen LogP contribution in [0.25, 0.3) is 0 Å². The van der Waals surface area contributed by atoms with E-state index in [1.807, 2.05) is 42.6 Å². The van der Waals surface area contributed by atoms with Crippen molar-refractivity contribution >= 4 is 22.9 Å². The van der Waals surface area contributed by atoms with Crippen LogP contribution in [0.1, 0.15) is 32.4 Å². The van der Waals surface area contributed by atoms with Gasteiger partial charge in [0.2, 0.25) is 0 Å². The Labute approximate surface area is 182 Å². The van der Waals surface area contributed by atoms with Crippen LogP contribution in [0.5, 0.6) is 5.75 Å². The molecule has 0 aliphatic carbocycles. The second-order valence-electron chi connectivity index (χ2n) is 7.51. The molecule has 1 aromatic heterocycles. The Kier molecular flexibility index (Phi) is 5.66. The van der Waals surface area contributed by atoms with E-state index in [0.717, 1.165) is 23.2 Å². The average molecular weight is 446 g/mol. The summed E-state index contributed by atoms with van der Waals surface area (Å²) in [4.78, 5) is 18.3. The van der Waals surface area contributed by atoms with Crippen LogP contribution in [-0.4, -0.2) is 37.8 Å². The van der Waals surface area contributed by atoms with Crippen LogP contribution >= 0.6 is 11.3 Å². The molecule has 1 amide bonds. The summed E-state index contributed by atoms with van der Waals surface area (Å²) in [6.45, 7) is 0.535. The van der Waals surface area contributed by atoms with Crippen LogP contribution in [0.15, 0.2) is 60.0 Å². The third-order valence-electron chi connectivity index (χ3n) is 5.29. The first kappa shape index (κ1) is 21.2. The lowest BCUT2D eigenvalue weighted by Gasteiger charge is -2.36. The maximum Gasteiger partial charge on any atom is 0.573 e. The number of benzene rings is 2. The summed E-state index contributed by atoms with van der Waals surface area (Å²) in [7, 11) is 3.86. The zero-order valence-corrected chi connectivity index (χ0v) is 17.8. The fourth-order valence-corrected chi connectivity index (χ4v) is 4.72. The predicted octanol–water partition coefficient (Wildman–Crippen LogP) is 5.50. The highest BCUT2D eigenvalue weighted by Gasteiger charge is 2.34. The van der Waals surface area contributed by atoms with Crippen molar-refractivity contribution in [2.24, 2.45) is 0 Å². The Hall–Kier alpha value is -3.00. The lowest BCUT2D eigenvalue weighted by Crippen LogP contribution is -2.40. The molecule has 8 heteroatoms. The van der Waals surface area contributed by atoms with Crippen molar-refractivity contribution in [1.82, 2.24) is 4.90 Å². The highest BCUT2D eigenvalue weighted by Crippen LogP contribution is 2.39. The summed E-state index contributed by atoms with van der Waals surface area (Å²) in [6.07, 6.45) is -3.99. The molecule has 162 valence electrons. The first-order valence-electron chi connectivity index (χ1n) is 9.73. The Balaban J connectivity index is 1.66. The number of amides is 1. The third kappa shape index (κ3) is 4.54. The molecule has 0 saturated heterocycles. The number of nitrogens with zero attached hydrogens (tertiary/aromatic N) is 2. The highest BCUT2D eigenvalue weighted by atomic mass is 32.1. The van der Waals surface area contributed by atoms with Crippen molar-refractivity contribution in [3.8, 4) is 5.75 Å². The van der Waals surface area contributed by atoms with Gasteiger partial charge in [-0.2, -0.15) is 0 Å². The van der Waals surface area contributed by atoms with Crippen LogP contribution in [-0.2, 0) is 6.42 Å². The number of ether oxygens (including phenoxy) is 1. The van der Waals surface area contributed by atoms with E-state index in [9.17, 15) is 18.0 Å². The third-order valence-corrected chi connectivity index (χ3v) is 6.28. The molecule has 1 atom stereocenters. The minimum atomic E-state index is -4.74. The van der Waals surface area contributed by atoms with E-state index in [0.29, 0.717) is 12.1 Å². The summed E-state index contributed by atoms with van der Waals surface area (Å²) in [5.41, 5.74) is 3.32. The van der Waals surface area contributed by atoms with E-state index < -0.39 is 6.36 Å². The van der Waals surface area contributed by atoms with Crippen molar-refractivity contribution in [2.75, 3.05) is 25.5 Å². The number of halogens is 3. The standard InChI is InChI=1S/C23H21F3N2O2S/c1-27(2)17-7-3-16(4-8-17)22(29)28-13-11-20-19(12-14-31-20)21(28)15-5-9-18(10-6-15)30-23(24,25)26/h3-10,12,14,21H,11,13H2,1-2H3. The molecule has 0 fully saturated rings. The van der Waals surface area contributed by atoms with Gasteiger partial charge >= 0.3 is 6.36 Å². The smallest absolute Gasteiger partial charge is 0.406 e. The highest BCUT2D eigenvalue weighted by molar-refractivity contribution is 7.10. The lowest BCUT2D eigenvalue weighted by atomic mass is 9.92. The summed E-state index contributed by atoms with van der Waals surface area (Å²) < 4.78 is 41.5. The van der Waals surface area contributed by atoms with Gasteiger partial charge in [0.25, 0.3) is 5.91 Å². The molecular formula is C23H21F3N2O2S. The maximum absolute atomic E-state index is 13.4. The van der Waals surface area contributed by atoms with Gasteiger partial charge in [0.1, 0.15) is 5.75 Å². The molecular weight excluding hydrogens is 425 g/mol. The number of rotatable bonds is 4. The number of carbonyl (C=O) groups is 1. The summed E-state index contributed by atoms with van der Waals surface area (Å²) in [5.74, 6) is -0.391. The quantitative estimate of drug-likeness (QED) is 0.531. The van der Waals surface area contributed by atoms with Gasteiger partial charge in [-0.15, -0.1) is 24.5 Å². The normalized spacial score (nSPS) is 16.0. The van der Waals surface area contributed by atoms with Crippen molar-refractivity contribution < 1.29 is 22.7 Å². The molecule has 31 heavy (non-hydrogen) atoms. The van der Waals surface area contributed by atoms with Gasteiger partial charge < -0.3 is 14.5 Å². The number of alkyl halides is 3. The molecule has 1 aliphatic rings. The summed E-state index contributed by atoms with van der Waals surface area (Å²) in [6, 6.07) is 14.8. The minimum absolute atomic E-state index is 0.109. The fourth-order valence-electron chi connectivity index (χ4n) is 3.81. The molecule has 1 unspecified atom stereocenters. The molecule has 0 spiro atoms. The Morgan fingerprint density at radius 2 is 1.74 bits per heavy atom. The monoisotopic (exact) mass is 446 g/mol. The first-order valence-corrected chi connectivity index (χ1v) is 10.6. The van der Waals surface area contributed by atoms with Gasteiger partial charge in [0.15, 0.2) is 0 Å². The SMILES string of the molecule is CN(C)c1ccc(C(=O)N2CCc3sccc3C2c2ccc(OC(F)(F)F)cc2)cc1. The number of hydrogen-bond donors (Lipinski definition) is 0. The van der Waals surface area contributed by atoms with Crippen molar-refractivity contribution in [1.29, 1.82) is 0 Å². The maximum atomic E-state index is 13.4. The van der Waals surface area contributed by atoms with Crippen molar-refractivity contribution in [2.45, 2.75) is 18.8 Å². The zero-order chi connectivity index (χ0) is 22.2. The van der Waals surface area contributed by atoms with Crippen LogP contribution in [0.4, 0.5) is 18.9 Å². The minimum Gasteiger partial charge on any atom is -0.406 e. The van der Waals surface area contributed by atoms with Gasteiger partial charge in [0.05, 0.1) is 6.04 Å². The van der Waals surface area contributed by atoms with E-state index in [2.05, 4.69) is 4.74 Å². The topological polar surface area (TPSA) is 32.8 Å². The fraction of sp³-hybridized carbons (Fsp3) is 0.261. The second-order valence-corrected chi connectivity index (χ2v) is 8.51. The predicted molar refractivity (Wildman–Crippen MR) is 115 cm³/mol. The lowest BCUT2D eigenvalue weighted by molar-refractivity contribution is -0.274. The molecule has 0 radical (unpaired) electrons. The molecule has 2 heterocycles. The molecule has 0 bridgehead atoms. The van der Waals surface area contributed by atoms with E-state index in [1.54, 1.807) is 40.5 Å². The van der Waals surface area contributed by atoms with Crippen LogP contribution in [0.3, 0.4) is 0 Å². The molecule has 3 aromatic rings. The van der Waals surface area contributed by atoms with Gasteiger partial charge in [-0.3, -0.25) is 4.79 Å². The molecule has 2 aromatic carbocycles. The molecule has 0 N–H and O–H groups in total. The summed E-state index contributed by atoms with van der Waals surface area (Å²) >= 11 is 1.63. The average Bonchev–Trinajstić information content (AvgIpc) is 3.21. The van der Waals surface area contributed by atoms with E-state index >= 15 is 0 Å². The van der Waals surface area contributed by atoms with Crippen molar-refractivity contribution in [3.63, 3.8) is 0 Å². The second kappa shape index (κ2) is 8.26. The molecule has 0 saturated carbocycles. The summed E-state index contributed by atoms with van der Waals surface area (Å²) in [5, 5.41) is 1.98. The zero-order valence-electron chi connectivity index (χ0n) is 17.0. The van der Waals surface area contributed by atoms with Crippen molar-refractivity contribution in [3.05, 3.63) is 81.5 Å². The Morgan fingerprint density at radius 3 is 2.35 bits per heavy atom. The van der Waals surface area contributed by atoms with Gasteiger partial charge in [-0.25, -0.2) is 0 Å².